The van der Waals surface area contributed by atoms with Crippen LogP contribution in [0.1, 0.15) is 23.9 Å². The molecule has 0 aliphatic heterocycles. The first-order chi connectivity index (χ1) is 9.97. The SMILES string of the molecule is CC(CCN(C)C)OC(=O)c1cc(=O)c2ccccc2o1. The fourth-order valence-electron chi connectivity index (χ4n) is 1.94. The summed E-state index contributed by atoms with van der Waals surface area (Å²) in [4.78, 5) is 26.0. The standard InChI is InChI=1S/C16H19NO4/c1-11(8-9-17(2)3)20-16(19)15-10-13(18)12-6-4-5-7-14(12)21-15/h4-7,10-11H,8-9H2,1-3H3. The lowest BCUT2D eigenvalue weighted by Crippen LogP contribution is -2.22. The largest absolute Gasteiger partial charge is 0.457 e. The molecule has 1 heterocycles. The second-order valence-electron chi connectivity index (χ2n) is 5.28. The molecule has 0 aliphatic rings. The molecule has 5 nitrogen and oxygen atoms in total. The zero-order chi connectivity index (χ0) is 15.4. The summed E-state index contributed by atoms with van der Waals surface area (Å²) in [5, 5.41) is 0.453. The van der Waals surface area contributed by atoms with Crippen LogP contribution in [0.4, 0.5) is 0 Å². The average molecular weight is 289 g/mol. The Morgan fingerprint density at radius 1 is 1.33 bits per heavy atom. The Balaban J connectivity index is 2.14. The number of carbonyl (C=O) groups is 1. The van der Waals surface area contributed by atoms with Crippen molar-refractivity contribution < 1.29 is 13.9 Å². The second kappa shape index (κ2) is 6.54. The van der Waals surface area contributed by atoms with Crippen molar-refractivity contribution in [3.8, 4) is 0 Å². The summed E-state index contributed by atoms with van der Waals surface area (Å²) in [5.74, 6) is -0.667. The number of carbonyl (C=O) groups excluding carboxylic acids is 1. The maximum atomic E-state index is 12.0. The van der Waals surface area contributed by atoms with Crippen molar-refractivity contribution in [3.63, 3.8) is 0 Å². The minimum atomic E-state index is -0.607. The van der Waals surface area contributed by atoms with Gasteiger partial charge < -0.3 is 14.1 Å². The van der Waals surface area contributed by atoms with Crippen LogP contribution in [0.2, 0.25) is 0 Å². The van der Waals surface area contributed by atoms with Crippen LogP contribution in [0.3, 0.4) is 0 Å². The number of hydrogen-bond donors (Lipinski definition) is 0. The lowest BCUT2D eigenvalue weighted by molar-refractivity contribution is 0.0276. The van der Waals surface area contributed by atoms with Crippen molar-refractivity contribution in [1.29, 1.82) is 0 Å². The number of nitrogens with zero attached hydrogens (tertiary/aromatic N) is 1. The third kappa shape index (κ3) is 3.92. The molecule has 2 rings (SSSR count). The molecule has 0 saturated heterocycles. The Morgan fingerprint density at radius 3 is 2.76 bits per heavy atom. The maximum absolute atomic E-state index is 12.0. The Hall–Kier alpha value is -2.14. The summed E-state index contributed by atoms with van der Waals surface area (Å²) >= 11 is 0. The Kier molecular flexibility index (Phi) is 4.75. The van der Waals surface area contributed by atoms with E-state index in [-0.39, 0.29) is 17.3 Å². The van der Waals surface area contributed by atoms with Crippen LogP contribution >= 0.6 is 0 Å². The Bertz CT molecular complexity index is 690. The van der Waals surface area contributed by atoms with Crippen molar-refractivity contribution in [2.45, 2.75) is 19.4 Å². The zero-order valence-corrected chi connectivity index (χ0v) is 12.5. The van der Waals surface area contributed by atoms with Gasteiger partial charge >= 0.3 is 5.97 Å². The molecule has 0 amide bonds. The van der Waals surface area contributed by atoms with Crippen LogP contribution < -0.4 is 5.43 Å². The van der Waals surface area contributed by atoms with Crippen LogP contribution in [0.5, 0.6) is 0 Å². The van der Waals surface area contributed by atoms with Crippen LogP contribution in [0.15, 0.2) is 39.5 Å². The van der Waals surface area contributed by atoms with Gasteiger partial charge in [0.1, 0.15) is 11.7 Å². The third-order valence-electron chi connectivity index (χ3n) is 3.13. The van der Waals surface area contributed by atoms with E-state index in [1.54, 1.807) is 24.3 Å². The van der Waals surface area contributed by atoms with Crippen LogP contribution in [-0.4, -0.2) is 37.6 Å². The first-order valence-electron chi connectivity index (χ1n) is 6.86. The molecular formula is C16H19NO4. The lowest BCUT2D eigenvalue weighted by Gasteiger charge is -2.15. The molecular weight excluding hydrogens is 270 g/mol. The van der Waals surface area contributed by atoms with Gasteiger partial charge in [0.25, 0.3) is 0 Å². The van der Waals surface area contributed by atoms with Gasteiger partial charge in [-0.15, -0.1) is 0 Å². The molecule has 0 spiro atoms. The fourth-order valence-corrected chi connectivity index (χ4v) is 1.94. The molecule has 1 aromatic carbocycles. The summed E-state index contributed by atoms with van der Waals surface area (Å²) in [5.41, 5.74) is 0.141. The van der Waals surface area contributed by atoms with Gasteiger partial charge in [-0.05, 0) is 39.6 Å². The highest BCUT2D eigenvalue weighted by atomic mass is 16.6. The zero-order valence-electron chi connectivity index (χ0n) is 12.5. The van der Waals surface area contributed by atoms with Crippen LogP contribution in [-0.2, 0) is 4.74 Å². The van der Waals surface area contributed by atoms with Gasteiger partial charge in [0, 0.05) is 12.6 Å². The van der Waals surface area contributed by atoms with Crippen LogP contribution in [0, 0.1) is 0 Å². The number of fused-ring (bicyclic) bond motifs is 1. The van der Waals surface area contributed by atoms with E-state index in [9.17, 15) is 9.59 Å². The van der Waals surface area contributed by atoms with Crippen molar-refractivity contribution in [3.05, 3.63) is 46.3 Å². The second-order valence-corrected chi connectivity index (χ2v) is 5.28. The number of benzene rings is 1. The molecule has 112 valence electrons. The molecule has 5 heteroatoms. The molecule has 1 unspecified atom stereocenters. The lowest BCUT2D eigenvalue weighted by atomic mass is 10.2. The normalized spacial score (nSPS) is 12.6. The van der Waals surface area contributed by atoms with E-state index < -0.39 is 5.97 Å². The predicted octanol–water partition coefficient (Wildman–Crippen LogP) is 2.29. The van der Waals surface area contributed by atoms with Crippen LogP contribution in [0.25, 0.3) is 11.0 Å². The van der Waals surface area contributed by atoms with Gasteiger partial charge in [0.15, 0.2) is 5.43 Å². The van der Waals surface area contributed by atoms with Gasteiger partial charge in [-0.2, -0.15) is 0 Å². The number of esters is 1. The molecule has 0 N–H and O–H groups in total. The molecule has 0 bridgehead atoms. The van der Waals surface area contributed by atoms with Gasteiger partial charge in [0.05, 0.1) is 5.39 Å². The van der Waals surface area contributed by atoms with E-state index in [2.05, 4.69) is 0 Å². The summed E-state index contributed by atoms with van der Waals surface area (Å²) in [6.07, 6.45) is 0.480. The smallest absolute Gasteiger partial charge is 0.374 e. The highest BCUT2D eigenvalue weighted by molar-refractivity contribution is 5.88. The summed E-state index contributed by atoms with van der Waals surface area (Å²) in [7, 11) is 3.91. The molecule has 0 radical (unpaired) electrons. The molecule has 21 heavy (non-hydrogen) atoms. The molecule has 2 aromatic rings. The minimum Gasteiger partial charge on any atom is -0.457 e. The summed E-state index contributed by atoms with van der Waals surface area (Å²) < 4.78 is 10.7. The van der Waals surface area contributed by atoms with Crippen molar-refractivity contribution >= 4 is 16.9 Å². The maximum Gasteiger partial charge on any atom is 0.374 e. The molecule has 0 fully saturated rings. The van der Waals surface area contributed by atoms with Gasteiger partial charge in [-0.1, -0.05) is 12.1 Å². The molecule has 1 aromatic heterocycles. The average Bonchev–Trinajstić information content (AvgIpc) is 2.45. The highest BCUT2D eigenvalue weighted by Crippen LogP contribution is 2.13. The van der Waals surface area contributed by atoms with E-state index in [1.807, 2.05) is 25.9 Å². The minimum absolute atomic E-state index is 0.0598. The van der Waals surface area contributed by atoms with E-state index in [1.165, 1.54) is 6.07 Å². The monoisotopic (exact) mass is 289 g/mol. The first kappa shape index (κ1) is 15.3. The summed E-state index contributed by atoms with van der Waals surface area (Å²) in [6.45, 7) is 2.64. The van der Waals surface area contributed by atoms with Gasteiger partial charge in [-0.25, -0.2) is 4.79 Å². The molecule has 0 saturated carbocycles. The van der Waals surface area contributed by atoms with Crippen molar-refractivity contribution in [2.75, 3.05) is 20.6 Å². The number of hydrogen-bond acceptors (Lipinski definition) is 5. The Morgan fingerprint density at radius 2 is 2.05 bits per heavy atom. The summed E-state index contributed by atoms with van der Waals surface area (Å²) in [6, 6.07) is 8.00. The highest BCUT2D eigenvalue weighted by Gasteiger charge is 2.16. The van der Waals surface area contributed by atoms with E-state index >= 15 is 0 Å². The van der Waals surface area contributed by atoms with E-state index in [0.29, 0.717) is 11.0 Å². The number of rotatable bonds is 5. The topological polar surface area (TPSA) is 59.8 Å². The van der Waals surface area contributed by atoms with Crippen molar-refractivity contribution in [2.24, 2.45) is 0 Å². The number of para-hydroxylation sites is 1. The van der Waals surface area contributed by atoms with Crippen molar-refractivity contribution in [1.82, 2.24) is 4.90 Å². The van der Waals surface area contributed by atoms with E-state index in [4.69, 9.17) is 9.15 Å². The predicted molar refractivity (Wildman–Crippen MR) is 80.5 cm³/mol. The van der Waals surface area contributed by atoms with E-state index in [0.717, 1.165) is 13.0 Å². The van der Waals surface area contributed by atoms with Gasteiger partial charge in [0.2, 0.25) is 5.76 Å². The third-order valence-corrected chi connectivity index (χ3v) is 3.13. The quantitative estimate of drug-likeness (QED) is 0.790. The molecule has 0 aliphatic carbocycles. The van der Waals surface area contributed by atoms with Gasteiger partial charge in [-0.3, -0.25) is 4.79 Å². The Labute approximate surface area is 123 Å². The first-order valence-corrected chi connectivity index (χ1v) is 6.86. The fraction of sp³-hybridized carbons (Fsp3) is 0.375. The number of ether oxygens (including phenoxy) is 1. The molecule has 1 atom stereocenters.